The fourth-order valence-corrected chi connectivity index (χ4v) is 4.02. The summed E-state index contributed by atoms with van der Waals surface area (Å²) in [5.74, 6) is 1.39. The second kappa shape index (κ2) is 8.20. The van der Waals surface area contributed by atoms with Gasteiger partial charge in [-0.05, 0) is 29.1 Å². The number of amides is 1. The number of methoxy groups -OCH3 is 3. The largest absolute Gasteiger partial charge is 0.493 e. The zero-order valence-corrected chi connectivity index (χ0v) is 16.2. The van der Waals surface area contributed by atoms with Gasteiger partial charge in [-0.3, -0.25) is 4.79 Å². The average Bonchev–Trinajstić information content (AvgIpc) is 3.36. The molecule has 2 aromatic heterocycles. The van der Waals surface area contributed by atoms with Gasteiger partial charge in [0.15, 0.2) is 11.5 Å². The van der Waals surface area contributed by atoms with E-state index >= 15 is 0 Å². The number of aromatic nitrogens is 1. The minimum absolute atomic E-state index is 0.224. The van der Waals surface area contributed by atoms with E-state index in [1.165, 1.54) is 11.3 Å². The van der Waals surface area contributed by atoms with Gasteiger partial charge in [0.25, 0.3) is 5.91 Å². The maximum Gasteiger partial charge on any atom is 0.271 e. The number of thiazole rings is 1. The number of nitrogens with one attached hydrogen (secondary N) is 1. The third-order valence-corrected chi connectivity index (χ3v) is 5.53. The molecule has 2 heterocycles. The molecule has 0 spiro atoms. The molecule has 0 saturated carbocycles. The van der Waals surface area contributed by atoms with Crippen LogP contribution in [0.3, 0.4) is 0 Å². The lowest BCUT2D eigenvalue weighted by Crippen LogP contribution is -2.23. The molecule has 26 heavy (non-hydrogen) atoms. The Kier molecular flexibility index (Phi) is 5.75. The fourth-order valence-electron chi connectivity index (χ4n) is 2.40. The van der Waals surface area contributed by atoms with Crippen molar-refractivity contribution in [2.24, 2.45) is 0 Å². The monoisotopic (exact) mass is 390 g/mol. The highest BCUT2D eigenvalue weighted by Crippen LogP contribution is 2.38. The first kappa shape index (κ1) is 18.2. The highest BCUT2D eigenvalue weighted by molar-refractivity contribution is 7.20. The minimum Gasteiger partial charge on any atom is -0.493 e. The third kappa shape index (κ3) is 3.81. The van der Waals surface area contributed by atoms with E-state index in [1.54, 1.807) is 50.2 Å². The first-order valence-electron chi connectivity index (χ1n) is 7.72. The molecule has 0 atom stereocenters. The molecule has 0 saturated heterocycles. The lowest BCUT2D eigenvalue weighted by Gasteiger charge is -2.14. The standard InChI is InChI=1S/C18H18N2O4S2/c1-22-13-7-11(8-14(23-2)16(13)24-3)9-19-17(21)12-10-26-18(20-12)15-5-4-6-25-15/h4-8,10H,9H2,1-3H3,(H,19,21). The van der Waals surface area contributed by atoms with Crippen molar-refractivity contribution in [1.82, 2.24) is 10.3 Å². The van der Waals surface area contributed by atoms with Crippen molar-refractivity contribution in [2.45, 2.75) is 6.54 Å². The predicted octanol–water partition coefficient (Wildman–Crippen LogP) is 3.83. The lowest BCUT2D eigenvalue weighted by molar-refractivity contribution is 0.0946. The van der Waals surface area contributed by atoms with Gasteiger partial charge in [-0.15, -0.1) is 22.7 Å². The molecule has 8 heteroatoms. The summed E-state index contributed by atoms with van der Waals surface area (Å²) < 4.78 is 16.0. The Balaban J connectivity index is 1.71. The van der Waals surface area contributed by atoms with Crippen LogP contribution in [0.15, 0.2) is 35.0 Å². The zero-order valence-electron chi connectivity index (χ0n) is 14.6. The second-order valence-corrected chi connectivity index (χ2v) is 7.04. The number of ether oxygens (including phenoxy) is 3. The summed E-state index contributed by atoms with van der Waals surface area (Å²) in [7, 11) is 4.66. The Morgan fingerprint density at radius 2 is 1.85 bits per heavy atom. The van der Waals surface area contributed by atoms with Gasteiger partial charge in [0.2, 0.25) is 5.75 Å². The Morgan fingerprint density at radius 1 is 1.12 bits per heavy atom. The van der Waals surface area contributed by atoms with Crippen LogP contribution in [-0.4, -0.2) is 32.2 Å². The van der Waals surface area contributed by atoms with E-state index in [1.807, 2.05) is 17.5 Å². The number of benzene rings is 1. The summed E-state index contributed by atoms with van der Waals surface area (Å²) in [4.78, 5) is 17.8. The van der Waals surface area contributed by atoms with Crippen LogP contribution in [0.5, 0.6) is 17.2 Å². The van der Waals surface area contributed by atoms with Gasteiger partial charge in [-0.25, -0.2) is 4.98 Å². The smallest absolute Gasteiger partial charge is 0.271 e. The van der Waals surface area contributed by atoms with E-state index in [0.29, 0.717) is 29.5 Å². The number of hydrogen-bond acceptors (Lipinski definition) is 7. The molecule has 136 valence electrons. The van der Waals surface area contributed by atoms with Crippen LogP contribution in [0.4, 0.5) is 0 Å². The van der Waals surface area contributed by atoms with Crippen molar-refractivity contribution in [3.8, 4) is 27.1 Å². The average molecular weight is 390 g/mol. The summed E-state index contributed by atoms with van der Waals surface area (Å²) in [5.41, 5.74) is 1.24. The molecule has 0 fully saturated rings. The summed E-state index contributed by atoms with van der Waals surface area (Å²) >= 11 is 3.06. The maximum atomic E-state index is 12.4. The Bertz CT molecular complexity index is 865. The number of carbonyl (C=O) groups is 1. The molecule has 1 aromatic carbocycles. The molecular formula is C18H18N2O4S2. The van der Waals surface area contributed by atoms with Gasteiger partial charge in [0.1, 0.15) is 10.7 Å². The van der Waals surface area contributed by atoms with Crippen molar-refractivity contribution in [3.63, 3.8) is 0 Å². The van der Waals surface area contributed by atoms with Crippen molar-refractivity contribution < 1.29 is 19.0 Å². The van der Waals surface area contributed by atoms with Gasteiger partial charge in [-0.2, -0.15) is 0 Å². The van der Waals surface area contributed by atoms with Gasteiger partial charge in [-0.1, -0.05) is 6.07 Å². The molecule has 3 aromatic rings. The summed E-state index contributed by atoms with van der Waals surface area (Å²) in [6.45, 7) is 0.321. The quantitative estimate of drug-likeness (QED) is 0.664. The second-order valence-electron chi connectivity index (χ2n) is 5.23. The third-order valence-electron chi connectivity index (χ3n) is 3.65. The topological polar surface area (TPSA) is 69.7 Å². The Hall–Kier alpha value is -2.58. The predicted molar refractivity (Wildman–Crippen MR) is 103 cm³/mol. The molecule has 0 unspecified atom stereocenters. The molecule has 0 aliphatic heterocycles. The van der Waals surface area contributed by atoms with Crippen LogP contribution in [-0.2, 0) is 6.54 Å². The molecule has 0 aliphatic rings. The normalized spacial score (nSPS) is 10.4. The van der Waals surface area contributed by atoms with Crippen LogP contribution in [0.1, 0.15) is 16.1 Å². The fraction of sp³-hybridized carbons (Fsp3) is 0.222. The highest BCUT2D eigenvalue weighted by atomic mass is 32.1. The zero-order chi connectivity index (χ0) is 18.5. The van der Waals surface area contributed by atoms with E-state index in [0.717, 1.165) is 15.4 Å². The summed E-state index contributed by atoms with van der Waals surface area (Å²) in [6.07, 6.45) is 0. The van der Waals surface area contributed by atoms with E-state index < -0.39 is 0 Å². The molecular weight excluding hydrogens is 372 g/mol. The van der Waals surface area contributed by atoms with Crippen LogP contribution in [0.2, 0.25) is 0 Å². The van der Waals surface area contributed by atoms with Crippen molar-refractivity contribution in [1.29, 1.82) is 0 Å². The molecule has 6 nitrogen and oxygen atoms in total. The SMILES string of the molecule is COc1cc(CNC(=O)c2csc(-c3cccs3)n2)cc(OC)c1OC. The lowest BCUT2D eigenvalue weighted by atomic mass is 10.1. The Labute approximate surface area is 159 Å². The van der Waals surface area contributed by atoms with Crippen molar-refractivity contribution in [2.75, 3.05) is 21.3 Å². The molecule has 1 amide bonds. The van der Waals surface area contributed by atoms with E-state index in [-0.39, 0.29) is 5.91 Å². The van der Waals surface area contributed by atoms with Crippen LogP contribution >= 0.6 is 22.7 Å². The first-order chi connectivity index (χ1) is 12.7. The maximum absolute atomic E-state index is 12.4. The molecule has 1 N–H and O–H groups in total. The number of carbonyl (C=O) groups excluding carboxylic acids is 1. The Morgan fingerprint density at radius 3 is 2.42 bits per heavy atom. The molecule has 3 rings (SSSR count). The number of thiophene rings is 1. The van der Waals surface area contributed by atoms with Crippen LogP contribution in [0, 0.1) is 0 Å². The number of rotatable bonds is 7. The van der Waals surface area contributed by atoms with Gasteiger partial charge < -0.3 is 19.5 Å². The van der Waals surface area contributed by atoms with Gasteiger partial charge in [0, 0.05) is 11.9 Å². The minimum atomic E-state index is -0.224. The van der Waals surface area contributed by atoms with Crippen LogP contribution in [0.25, 0.3) is 9.88 Å². The van der Waals surface area contributed by atoms with Crippen molar-refractivity contribution in [3.05, 3.63) is 46.3 Å². The van der Waals surface area contributed by atoms with Gasteiger partial charge in [0.05, 0.1) is 26.2 Å². The summed E-state index contributed by atoms with van der Waals surface area (Å²) in [6, 6.07) is 7.56. The molecule has 0 radical (unpaired) electrons. The summed E-state index contributed by atoms with van der Waals surface area (Å²) in [5, 5.41) is 7.47. The van der Waals surface area contributed by atoms with E-state index in [4.69, 9.17) is 14.2 Å². The van der Waals surface area contributed by atoms with Crippen molar-refractivity contribution >= 4 is 28.6 Å². The number of hydrogen-bond donors (Lipinski definition) is 1. The number of nitrogens with zero attached hydrogens (tertiary/aromatic N) is 1. The molecule has 0 bridgehead atoms. The van der Waals surface area contributed by atoms with E-state index in [9.17, 15) is 4.79 Å². The molecule has 0 aliphatic carbocycles. The van der Waals surface area contributed by atoms with Gasteiger partial charge >= 0.3 is 0 Å². The first-order valence-corrected chi connectivity index (χ1v) is 9.48. The van der Waals surface area contributed by atoms with Crippen LogP contribution < -0.4 is 19.5 Å². The van der Waals surface area contributed by atoms with E-state index in [2.05, 4.69) is 10.3 Å². The highest BCUT2D eigenvalue weighted by Gasteiger charge is 2.15.